The summed E-state index contributed by atoms with van der Waals surface area (Å²) in [5.74, 6) is 0.561. The number of tetrazole rings is 1. The number of aryl methyl sites for hydroxylation is 1. The second-order valence-electron chi connectivity index (χ2n) is 6.83. The number of furan rings is 1. The summed E-state index contributed by atoms with van der Waals surface area (Å²) in [6.07, 6.45) is 6.91. The summed E-state index contributed by atoms with van der Waals surface area (Å²) < 4.78 is 6.93. The van der Waals surface area contributed by atoms with Crippen molar-refractivity contribution < 1.29 is 9.21 Å². The van der Waals surface area contributed by atoms with E-state index in [1.54, 1.807) is 23.9 Å². The summed E-state index contributed by atoms with van der Waals surface area (Å²) in [5, 5.41) is 25.1. The van der Waals surface area contributed by atoms with Crippen molar-refractivity contribution in [3.63, 3.8) is 0 Å². The van der Waals surface area contributed by atoms with Crippen molar-refractivity contribution in [1.82, 2.24) is 20.2 Å². The van der Waals surface area contributed by atoms with Crippen molar-refractivity contribution in [2.75, 3.05) is 5.32 Å². The summed E-state index contributed by atoms with van der Waals surface area (Å²) in [6, 6.07) is 5.94. The zero-order valence-electron chi connectivity index (χ0n) is 15.9. The number of aromatic nitrogens is 4. The highest BCUT2D eigenvalue weighted by atomic mass is 32.2. The number of carbonyl (C=O) groups excluding carboxylic acids is 1. The SMILES string of the molecule is CC(Sc1nnnn1Cc1ccco1)C(=O)Nc1sc2c(c1C#N)CCCCC2. The monoisotopic (exact) mass is 428 g/mol. The molecule has 1 aliphatic rings. The summed E-state index contributed by atoms with van der Waals surface area (Å²) in [4.78, 5) is 14.0. The van der Waals surface area contributed by atoms with Gasteiger partial charge in [-0.15, -0.1) is 16.4 Å². The first kappa shape index (κ1) is 19.7. The Bertz CT molecular complexity index is 1030. The average Bonchev–Trinajstić information content (AvgIpc) is 3.41. The number of nitrogens with zero attached hydrogens (tertiary/aromatic N) is 5. The molecule has 0 radical (unpaired) electrons. The molecule has 10 heteroatoms. The first-order valence-electron chi connectivity index (χ1n) is 9.46. The lowest BCUT2D eigenvalue weighted by Gasteiger charge is -2.11. The smallest absolute Gasteiger partial charge is 0.238 e. The first-order valence-corrected chi connectivity index (χ1v) is 11.2. The van der Waals surface area contributed by atoms with Gasteiger partial charge in [0.1, 0.15) is 23.4 Å². The van der Waals surface area contributed by atoms with Crippen molar-refractivity contribution in [1.29, 1.82) is 5.26 Å². The van der Waals surface area contributed by atoms with Crippen LogP contribution in [-0.4, -0.2) is 31.4 Å². The number of nitriles is 1. The number of thiophene rings is 1. The van der Waals surface area contributed by atoms with Crippen LogP contribution in [0.2, 0.25) is 0 Å². The van der Waals surface area contributed by atoms with E-state index in [-0.39, 0.29) is 5.91 Å². The molecule has 0 aliphatic heterocycles. The van der Waals surface area contributed by atoms with Crippen molar-refractivity contribution in [2.24, 2.45) is 0 Å². The van der Waals surface area contributed by atoms with Gasteiger partial charge in [-0.3, -0.25) is 4.79 Å². The molecule has 0 saturated heterocycles. The second-order valence-corrected chi connectivity index (χ2v) is 9.24. The Morgan fingerprint density at radius 1 is 1.45 bits per heavy atom. The molecular formula is C19H20N6O2S2. The Hall–Kier alpha value is -2.64. The average molecular weight is 429 g/mol. The van der Waals surface area contributed by atoms with Crippen LogP contribution in [0.5, 0.6) is 0 Å². The molecule has 150 valence electrons. The fourth-order valence-corrected chi connectivity index (χ4v) is 5.34. The van der Waals surface area contributed by atoms with E-state index < -0.39 is 5.25 Å². The van der Waals surface area contributed by atoms with E-state index in [9.17, 15) is 10.1 Å². The van der Waals surface area contributed by atoms with Crippen molar-refractivity contribution in [3.05, 3.63) is 40.2 Å². The molecule has 0 aromatic carbocycles. The van der Waals surface area contributed by atoms with Crippen LogP contribution >= 0.6 is 23.1 Å². The number of nitrogens with one attached hydrogen (secondary N) is 1. The Morgan fingerprint density at radius 3 is 3.10 bits per heavy atom. The zero-order chi connectivity index (χ0) is 20.2. The number of anilines is 1. The highest BCUT2D eigenvalue weighted by Gasteiger charge is 2.24. The van der Waals surface area contributed by atoms with Gasteiger partial charge in [-0.05, 0) is 60.7 Å². The van der Waals surface area contributed by atoms with Gasteiger partial charge in [-0.25, -0.2) is 4.68 Å². The number of amides is 1. The minimum Gasteiger partial charge on any atom is -0.467 e. The number of thioether (sulfide) groups is 1. The molecule has 0 saturated carbocycles. The number of rotatable bonds is 6. The van der Waals surface area contributed by atoms with Crippen LogP contribution in [0.3, 0.4) is 0 Å². The second kappa shape index (κ2) is 8.80. The van der Waals surface area contributed by atoms with Crippen LogP contribution in [0.15, 0.2) is 28.0 Å². The van der Waals surface area contributed by atoms with E-state index in [1.165, 1.54) is 34.4 Å². The standard InChI is InChI=1S/C19H20N6O2S2/c1-12(28-19-22-23-24-25(19)11-13-6-5-9-27-13)17(26)21-18-15(10-20)14-7-3-2-4-8-16(14)29-18/h5-6,9,12H,2-4,7-8,11H2,1H3,(H,21,26). The van der Waals surface area contributed by atoms with E-state index in [4.69, 9.17) is 4.42 Å². The largest absolute Gasteiger partial charge is 0.467 e. The Balaban J connectivity index is 1.45. The third-order valence-electron chi connectivity index (χ3n) is 4.81. The maximum Gasteiger partial charge on any atom is 0.238 e. The van der Waals surface area contributed by atoms with Gasteiger partial charge in [0.15, 0.2) is 0 Å². The van der Waals surface area contributed by atoms with Crippen LogP contribution in [0.1, 0.15) is 48.0 Å². The highest BCUT2D eigenvalue weighted by molar-refractivity contribution is 8.00. The molecule has 0 spiro atoms. The molecule has 3 heterocycles. The van der Waals surface area contributed by atoms with Crippen LogP contribution in [0, 0.1) is 11.3 Å². The van der Waals surface area contributed by atoms with E-state index in [0.717, 1.165) is 37.0 Å². The Morgan fingerprint density at radius 2 is 2.31 bits per heavy atom. The molecule has 1 N–H and O–H groups in total. The third-order valence-corrected chi connectivity index (χ3v) is 7.08. The minimum atomic E-state index is -0.426. The Kier molecular flexibility index (Phi) is 5.97. The minimum absolute atomic E-state index is 0.171. The molecule has 1 atom stereocenters. The lowest BCUT2D eigenvalue weighted by molar-refractivity contribution is -0.115. The number of carbonyl (C=O) groups is 1. The molecule has 0 fully saturated rings. The lowest BCUT2D eigenvalue weighted by Crippen LogP contribution is -2.23. The molecule has 0 bridgehead atoms. The Labute approximate surface area is 176 Å². The van der Waals surface area contributed by atoms with Crippen LogP contribution < -0.4 is 5.32 Å². The van der Waals surface area contributed by atoms with Gasteiger partial charge in [0.25, 0.3) is 0 Å². The number of fused-ring (bicyclic) bond motifs is 1. The van der Waals surface area contributed by atoms with Crippen LogP contribution in [0.25, 0.3) is 0 Å². The predicted octanol–water partition coefficient (Wildman–Crippen LogP) is 3.64. The van der Waals surface area contributed by atoms with E-state index in [0.29, 0.717) is 22.3 Å². The predicted molar refractivity (Wildman–Crippen MR) is 110 cm³/mol. The molecule has 1 unspecified atom stereocenters. The maximum absolute atomic E-state index is 12.8. The lowest BCUT2D eigenvalue weighted by atomic mass is 10.1. The van der Waals surface area contributed by atoms with Crippen molar-refractivity contribution in [3.8, 4) is 6.07 Å². The number of hydrogen-bond acceptors (Lipinski definition) is 8. The molecule has 4 rings (SSSR count). The van der Waals surface area contributed by atoms with Crippen molar-refractivity contribution in [2.45, 2.75) is 56.0 Å². The molecule has 3 aromatic rings. The molecule has 1 amide bonds. The van der Waals surface area contributed by atoms with Crippen molar-refractivity contribution >= 4 is 34.0 Å². The zero-order valence-corrected chi connectivity index (χ0v) is 17.6. The maximum atomic E-state index is 12.8. The fourth-order valence-electron chi connectivity index (χ4n) is 3.30. The van der Waals surface area contributed by atoms with Gasteiger partial charge in [0.2, 0.25) is 11.1 Å². The summed E-state index contributed by atoms with van der Waals surface area (Å²) in [7, 11) is 0. The van der Waals surface area contributed by atoms with Gasteiger partial charge in [0, 0.05) is 4.88 Å². The first-order chi connectivity index (χ1) is 14.2. The third kappa shape index (κ3) is 4.36. The normalized spacial score (nSPS) is 14.6. The highest BCUT2D eigenvalue weighted by Crippen LogP contribution is 2.37. The van der Waals surface area contributed by atoms with Gasteiger partial charge >= 0.3 is 0 Å². The van der Waals surface area contributed by atoms with E-state index >= 15 is 0 Å². The fraction of sp³-hybridized carbons (Fsp3) is 0.421. The summed E-state index contributed by atoms with van der Waals surface area (Å²) in [6.45, 7) is 2.20. The molecule has 29 heavy (non-hydrogen) atoms. The van der Waals surface area contributed by atoms with Gasteiger partial charge in [-0.1, -0.05) is 18.2 Å². The van der Waals surface area contributed by atoms with E-state index in [1.807, 2.05) is 6.07 Å². The molecule has 1 aliphatic carbocycles. The van der Waals surface area contributed by atoms with Crippen LogP contribution in [0.4, 0.5) is 5.00 Å². The van der Waals surface area contributed by atoms with Gasteiger partial charge < -0.3 is 9.73 Å². The van der Waals surface area contributed by atoms with Gasteiger partial charge in [-0.2, -0.15) is 5.26 Å². The number of hydrogen-bond donors (Lipinski definition) is 1. The quantitative estimate of drug-likeness (QED) is 0.471. The topological polar surface area (TPSA) is 110 Å². The summed E-state index contributed by atoms with van der Waals surface area (Å²) >= 11 is 2.81. The molecule has 3 aromatic heterocycles. The molecule has 8 nitrogen and oxygen atoms in total. The summed E-state index contributed by atoms with van der Waals surface area (Å²) in [5.41, 5.74) is 1.74. The van der Waals surface area contributed by atoms with Crippen LogP contribution in [-0.2, 0) is 24.2 Å². The molecular weight excluding hydrogens is 408 g/mol. The van der Waals surface area contributed by atoms with Gasteiger partial charge in [0.05, 0.1) is 17.1 Å². The van der Waals surface area contributed by atoms with E-state index in [2.05, 4.69) is 26.9 Å².